The van der Waals surface area contributed by atoms with Crippen molar-refractivity contribution in [3.05, 3.63) is 74.1 Å². The first-order chi connectivity index (χ1) is 13.3. The molecule has 0 amide bonds. The minimum atomic E-state index is -0.766. The first kappa shape index (κ1) is 19.3. The van der Waals surface area contributed by atoms with Crippen molar-refractivity contribution in [1.82, 2.24) is 0 Å². The zero-order chi connectivity index (χ0) is 20.4. The monoisotopic (exact) mass is 381 g/mol. The summed E-state index contributed by atoms with van der Waals surface area (Å²) in [5.41, 5.74) is 1.51. The quantitative estimate of drug-likeness (QED) is 0.363. The maximum atomic E-state index is 12.4. The number of furan rings is 1. The number of carbonyl (C=O) groups is 1. The summed E-state index contributed by atoms with van der Waals surface area (Å²) in [6.45, 7) is 5.78. The zero-order valence-electron chi connectivity index (χ0n) is 15.7. The lowest BCUT2D eigenvalue weighted by Gasteiger charge is -2.04. The number of nitrogens with zero attached hydrogens (tertiary/aromatic N) is 1. The van der Waals surface area contributed by atoms with E-state index < -0.39 is 16.5 Å². The second-order valence-electron chi connectivity index (χ2n) is 6.58. The fourth-order valence-corrected chi connectivity index (χ4v) is 2.98. The van der Waals surface area contributed by atoms with Crippen LogP contribution in [0, 0.1) is 10.1 Å². The molecule has 144 valence electrons. The summed E-state index contributed by atoms with van der Waals surface area (Å²) in [6, 6.07) is 11.4. The third-order valence-corrected chi connectivity index (χ3v) is 4.45. The Morgan fingerprint density at radius 1 is 1.14 bits per heavy atom. The van der Waals surface area contributed by atoms with Gasteiger partial charge < -0.3 is 9.15 Å². The highest BCUT2D eigenvalue weighted by Gasteiger charge is 2.27. The van der Waals surface area contributed by atoms with Gasteiger partial charge >= 0.3 is 11.6 Å². The number of fused-ring (bicyclic) bond motifs is 1. The summed E-state index contributed by atoms with van der Waals surface area (Å²) in [6.07, 6.45) is 0. The van der Waals surface area contributed by atoms with E-state index in [9.17, 15) is 19.7 Å². The molecule has 28 heavy (non-hydrogen) atoms. The number of nitro groups is 1. The van der Waals surface area contributed by atoms with E-state index >= 15 is 0 Å². The van der Waals surface area contributed by atoms with Crippen LogP contribution < -0.4 is 5.63 Å². The Bertz CT molecular complexity index is 1070. The molecule has 1 aromatic rings. The van der Waals surface area contributed by atoms with E-state index in [0.717, 1.165) is 5.56 Å². The van der Waals surface area contributed by atoms with E-state index in [4.69, 9.17) is 9.15 Å². The number of esters is 1. The van der Waals surface area contributed by atoms with Gasteiger partial charge in [0.25, 0.3) is 5.69 Å². The smallest absolute Gasteiger partial charge is 0.351 e. The van der Waals surface area contributed by atoms with Crippen molar-refractivity contribution >= 4 is 11.7 Å². The van der Waals surface area contributed by atoms with E-state index in [2.05, 4.69) is 0 Å². The summed E-state index contributed by atoms with van der Waals surface area (Å²) < 4.78 is 10.5. The number of hydrogen-bond donors (Lipinski definition) is 0. The van der Waals surface area contributed by atoms with E-state index in [1.54, 1.807) is 31.2 Å². The van der Waals surface area contributed by atoms with Gasteiger partial charge in [0.15, 0.2) is 5.56 Å². The molecule has 0 saturated heterocycles. The van der Waals surface area contributed by atoms with Crippen molar-refractivity contribution in [2.45, 2.75) is 26.7 Å². The minimum absolute atomic E-state index is 0.0423. The predicted molar refractivity (Wildman–Crippen MR) is 104 cm³/mol. The van der Waals surface area contributed by atoms with Crippen molar-refractivity contribution < 1.29 is 18.9 Å². The molecule has 0 radical (unpaired) electrons. The molecule has 0 unspecified atom stereocenters. The number of benzene rings is 1. The number of hydrogen-bond acceptors (Lipinski definition) is 6. The molecule has 0 bridgehead atoms. The molecule has 0 fully saturated rings. The van der Waals surface area contributed by atoms with Gasteiger partial charge in [-0.1, -0.05) is 26.0 Å². The lowest BCUT2D eigenvalue weighted by Crippen LogP contribution is -2.13. The Morgan fingerprint density at radius 3 is 2.39 bits per heavy atom. The second kappa shape index (κ2) is 7.64. The van der Waals surface area contributed by atoms with Crippen LogP contribution >= 0.6 is 0 Å². The topological polar surface area (TPSA) is 99.7 Å². The summed E-state index contributed by atoms with van der Waals surface area (Å²) >= 11 is 0. The SMILES string of the molecule is CCOC(=O)c1c2cc(C(C)C)ccc(-c3ccc([N+](=O)[O-])cc3)c-2oc1=O. The summed E-state index contributed by atoms with van der Waals surface area (Å²) in [4.78, 5) is 35.2. The van der Waals surface area contributed by atoms with Crippen molar-refractivity contribution in [3.63, 3.8) is 0 Å². The van der Waals surface area contributed by atoms with Gasteiger partial charge in [0, 0.05) is 23.3 Å². The van der Waals surface area contributed by atoms with Crippen LogP contribution in [0.15, 0.2) is 51.7 Å². The molecule has 2 aliphatic rings. The van der Waals surface area contributed by atoms with Crippen molar-refractivity contribution in [2.75, 3.05) is 6.61 Å². The molecule has 1 aliphatic heterocycles. The number of nitro benzene ring substituents is 1. The third-order valence-electron chi connectivity index (χ3n) is 4.45. The largest absolute Gasteiger partial charge is 0.462 e. The van der Waals surface area contributed by atoms with Gasteiger partial charge in [-0.05, 0) is 42.2 Å². The normalized spacial score (nSPS) is 11.0. The Labute approximate surface area is 161 Å². The Hall–Kier alpha value is -3.48. The van der Waals surface area contributed by atoms with Gasteiger partial charge in [-0.15, -0.1) is 0 Å². The van der Waals surface area contributed by atoms with Crippen LogP contribution in [0.2, 0.25) is 0 Å². The standard InChI is InChI=1S/C21H19NO6/c1-4-27-20(23)18-17-11-14(12(2)3)7-10-16(19(17)28-21(18)24)13-5-8-15(9-6-13)22(25)26/h5-12H,4H2,1-3H3. The second-order valence-corrected chi connectivity index (χ2v) is 6.58. The number of carbonyl (C=O) groups excluding carboxylic acids is 1. The molecular formula is C21H19NO6. The first-order valence-electron chi connectivity index (χ1n) is 8.86. The third kappa shape index (κ3) is 3.51. The summed E-state index contributed by atoms with van der Waals surface area (Å²) in [5, 5.41) is 10.9. The average molecular weight is 381 g/mol. The van der Waals surface area contributed by atoms with Crippen LogP contribution in [0.5, 0.6) is 0 Å². The van der Waals surface area contributed by atoms with E-state index in [1.165, 1.54) is 12.1 Å². The zero-order valence-corrected chi connectivity index (χ0v) is 15.7. The Kier molecular flexibility index (Phi) is 5.26. The Morgan fingerprint density at radius 2 is 1.82 bits per heavy atom. The fourth-order valence-electron chi connectivity index (χ4n) is 2.98. The van der Waals surface area contributed by atoms with Crippen LogP contribution in [-0.2, 0) is 4.74 Å². The van der Waals surface area contributed by atoms with Crippen LogP contribution in [0.1, 0.15) is 42.6 Å². The van der Waals surface area contributed by atoms with Crippen LogP contribution in [0.3, 0.4) is 0 Å². The Balaban J connectivity index is 2.27. The van der Waals surface area contributed by atoms with Crippen LogP contribution in [0.4, 0.5) is 5.69 Å². The van der Waals surface area contributed by atoms with Gasteiger partial charge in [-0.3, -0.25) is 10.1 Å². The summed E-state index contributed by atoms with van der Waals surface area (Å²) in [7, 11) is 0. The molecule has 7 nitrogen and oxygen atoms in total. The molecule has 0 atom stereocenters. The molecule has 1 aliphatic carbocycles. The van der Waals surface area contributed by atoms with Gasteiger partial charge in [0.2, 0.25) is 0 Å². The molecule has 0 saturated carbocycles. The van der Waals surface area contributed by atoms with Crippen molar-refractivity contribution in [3.8, 4) is 22.5 Å². The first-order valence-corrected chi connectivity index (χ1v) is 8.86. The molecule has 7 heteroatoms. The maximum absolute atomic E-state index is 12.4. The highest BCUT2D eigenvalue weighted by molar-refractivity contribution is 5.99. The molecule has 0 N–H and O–H groups in total. The molecule has 1 aromatic carbocycles. The van der Waals surface area contributed by atoms with Crippen LogP contribution in [-0.4, -0.2) is 17.5 Å². The molecule has 1 heterocycles. The maximum Gasteiger partial charge on any atom is 0.351 e. The lowest BCUT2D eigenvalue weighted by molar-refractivity contribution is -0.384. The molecular weight excluding hydrogens is 362 g/mol. The van der Waals surface area contributed by atoms with E-state index in [-0.39, 0.29) is 29.5 Å². The number of non-ortho nitro benzene ring substituents is 1. The number of rotatable bonds is 5. The lowest BCUT2D eigenvalue weighted by atomic mass is 10.0. The molecule has 0 spiro atoms. The van der Waals surface area contributed by atoms with Crippen molar-refractivity contribution in [1.29, 1.82) is 0 Å². The molecule has 3 rings (SSSR count). The van der Waals surface area contributed by atoms with Crippen LogP contribution in [0.25, 0.3) is 22.5 Å². The van der Waals surface area contributed by atoms with E-state index in [0.29, 0.717) is 16.7 Å². The van der Waals surface area contributed by atoms with Gasteiger partial charge in [-0.25, -0.2) is 9.59 Å². The summed E-state index contributed by atoms with van der Waals surface area (Å²) in [5.74, 6) is -0.351. The van der Waals surface area contributed by atoms with Gasteiger partial charge in [0.05, 0.1) is 11.5 Å². The van der Waals surface area contributed by atoms with E-state index in [1.807, 2.05) is 19.9 Å². The van der Waals surface area contributed by atoms with Gasteiger partial charge in [-0.2, -0.15) is 0 Å². The van der Waals surface area contributed by atoms with Crippen molar-refractivity contribution in [2.24, 2.45) is 0 Å². The fraction of sp³-hybridized carbons (Fsp3) is 0.238. The minimum Gasteiger partial charge on any atom is -0.462 e. The highest BCUT2D eigenvalue weighted by atomic mass is 16.6. The predicted octanol–water partition coefficient (Wildman–Crippen LogP) is 4.62. The molecule has 0 aromatic heterocycles. The number of ether oxygens (including phenoxy) is 1. The highest BCUT2D eigenvalue weighted by Crippen LogP contribution is 2.37. The average Bonchev–Trinajstić information content (AvgIpc) is 2.85. The van der Waals surface area contributed by atoms with Gasteiger partial charge in [0.1, 0.15) is 5.76 Å².